The van der Waals surface area contributed by atoms with Crippen LogP contribution in [0, 0.1) is 0 Å². The third-order valence-corrected chi connectivity index (χ3v) is 3.44. The van der Waals surface area contributed by atoms with E-state index in [9.17, 15) is 4.79 Å². The minimum absolute atomic E-state index is 0.298. The number of hydrogen-bond acceptors (Lipinski definition) is 3. The number of carboxylic acid groups (broad SMARTS) is 1. The molecule has 0 aromatic carbocycles. The smallest absolute Gasteiger partial charge is 0.303 e. The number of carboxylic acids is 1. The van der Waals surface area contributed by atoms with Gasteiger partial charge in [-0.2, -0.15) is 0 Å². The van der Waals surface area contributed by atoms with Crippen LogP contribution in [0.25, 0.3) is 0 Å². The zero-order valence-electron chi connectivity index (χ0n) is 10.5. The molecule has 1 unspecified atom stereocenters. The molecule has 4 heteroatoms. The Morgan fingerprint density at radius 3 is 2.69 bits per heavy atom. The van der Waals surface area contributed by atoms with E-state index in [0.29, 0.717) is 12.5 Å². The van der Waals surface area contributed by atoms with Crippen molar-refractivity contribution < 1.29 is 9.90 Å². The Balaban J connectivity index is 2.21. The summed E-state index contributed by atoms with van der Waals surface area (Å²) >= 11 is 0. The van der Waals surface area contributed by atoms with Crippen LogP contribution < -0.4 is 0 Å². The van der Waals surface area contributed by atoms with Crippen LogP contribution >= 0.6 is 0 Å². The predicted molar refractivity (Wildman–Crippen MR) is 64.6 cm³/mol. The lowest BCUT2D eigenvalue weighted by molar-refractivity contribution is -0.137. The van der Waals surface area contributed by atoms with E-state index >= 15 is 0 Å². The van der Waals surface area contributed by atoms with E-state index in [1.807, 2.05) is 0 Å². The van der Waals surface area contributed by atoms with Crippen molar-refractivity contribution >= 4 is 5.97 Å². The Labute approximate surface area is 98.2 Å². The van der Waals surface area contributed by atoms with Gasteiger partial charge in [-0.25, -0.2) is 0 Å². The maximum absolute atomic E-state index is 10.4. The molecule has 16 heavy (non-hydrogen) atoms. The third kappa shape index (κ3) is 4.10. The van der Waals surface area contributed by atoms with Crippen LogP contribution in [0.1, 0.15) is 33.1 Å². The molecule has 1 fully saturated rings. The van der Waals surface area contributed by atoms with Crippen molar-refractivity contribution in [2.45, 2.75) is 39.2 Å². The Bertz CT molecular complexity index is 217. The molecule has 1 N–H and O–H groups in total. The molecule has 0 saturated carbocycles. The van der Waals surface area contributed by atoms with Gasteiger partial charge < -0.3 is 10.0 Å². The average Bonchev–Trinajstić information content (AvgIpc) is 2.68. The molecule has 0 aromatic rings. The van der Waals surface area contributed by atoms with Gasteiger partial charge in [0.15, 0.2) is 0 Å². The number of likely N-dealkylation sites (tertiary alicyclic amines) is 1. The first-order valence-corrected chi connectivity index (χ1v) is 6.35. The molecule has 1 heterocycles. The highest BCUT2D eigenvalue weighted by atomic mass is 16.4. The highest BCUT2D eigenvalue weighted by Gasteiger charge is 2.25. The lowest BCUT2D eigenvalue weighted by Gasteiger charge is -2.26. The summed E-state index contributed by atoms with van der Waals surface area (Å²) in [6.45, 7) is 9.81. The van der Waals surface area contributed by atoms with E-state index in [-0.39, 0.29) is 0 Å². The molecule has 4 nitrogen and oxygen atoms in total. The fourth-order valence-electron chi connectivity index (χ4n) is 2.51. The lowest BCUT2D eigenvalue weighted by Crippen LogP contribution is -2.37. The molecule has 1 saturated heterocycles. The average molecular weight is 228 g/mol. The van der Waals surface area contributed by atoms with Gasteiger partial charge in [0, 0.05) is 19.0 Å². The van der Waals surface area contributed by atoms with Gasteiger partial charge in [0.2, 0.25) is 0 Å². The molecule has 0 amide bonds. The summed E-state index contributed by atoms with van der Waals surface area (Å²) < 4.78 is 0. The molecule has 1 atom stereocenters. The number of nitrogens with zero attached hydrogens (tertiary/aromatic N) is 2. The summed E-state index contributed by atoms with van der Waals surface area (Å²) in [5, 5.41) is 8.58. The van der Waals surface area contributed by atoms with Crippen molar-refractivity contribution in [2.75, 3.05) is 32.7 Å². The number of likely N-dealkylation sites (N-methyl/N-ethyl adjacent to an activating group) is 1. The second-order valence-corrected chi connectivity index (χ2v) is 4.46. The van der Waals surface area contributed by atoms with Gasteiger partial charge in [-0.05, 0) is 39.0 Å². The normalized spacial score (nSPS) is 21.8. The Morgan fingerprint density at radius 1 is 1.44 bits per heavy atom. The fourth-order valence-corrected chi connectivity index (χ4v) is 2.51. The van der Waals surface area contributed by atoms with E-state index < -0.39 is 5.97 Å². The van der Waals surface area contributed by atoms with Crippen LogP contribution in [0.4, 0.5) is 0 Å². The summed E-state index contributed by atoms with van der Waals surface area (Å²) in [4.78, 5) is 15.3. The van der Waals surface area contributed by atoms with E-state index in [1.54, 1.807) is 0 Å². The molecule has 0 aromatic heterocycles. The van der Waals surface area contributed by atoms with Crippen molar-refractivity contribution in [3.63, 3.8) is 0 Å². The Morgan fingerprint density at radius 2 is 2.12 bits per heavy atom. The van der Waals surface area contributed by atoms with Gasteiger partial charge in [0.1, 0.15) is 0 Å². The van der Waals surface area contributed by atoms with Crippen LogP contribution in [-0.2, 0) is 4.79 Å². The quantitative estimate of drug-likeness (QED) is 0.712. The molecule has 1 aliphatic heterocycles. The highest BCUT2D eigenvalue weighted by molar-refractivity contribution is 5.66. The maximum Gasteiger partial charge on any atom is 0.303 e. The molecular formula is C12H24N2O2. The van der Waals surface area contributed by atoms with E-state index in [1.165, 1.54) is 6.42 Å². The second kappa shape index (κ2) is 6.86. The van der Waals surface area contributed by atoms with Gasteiger partial charge in [0.05, 0.1) is 0 Å². The molecular weight excluding hydrogens is 204 g/mol. The monoisotopic (exact) mass is 228 g/mol. The summed E-state index contributed by atoms with van der Waals surface area (Å²) in [6.07, 6.45) is 2.31. The Kier molecular flexibility index (Phi) is 5.77. The first-order chi connectivity index (χ1) is 7.67. The summed E-state index contributed by atoms with van der Waals surface area (Å²) in [5.41, 5.74) is 0. The molecule has 0 radical (unpaired) electrons. The SMILES string of the molecule is CCN(CC)C1CCN(CCCC(=O)O)C1. The van der Waals surface area contributed by atoms with Crippen molar-refractivity contribution in [3.8, 4) is 0 Å². The zero-order chi connectivity index (χ0) is 12.0. The molecule has 1 aliphatic rings. The standard InChI is InChI=1S/C12H24N2O2/c1-3-14(4-2)11-7-9-13(10-11)8-5-6-12(15)16/h11H,3-10H2,1-2H3,(H,15,16). The number of rotatable bonds is 7. The first-order valence-electron chi connectivity index (χ1n) is 6.35. The van der Waals surface area contributed by atoms with Gasteiger partial charge in [0.25, 0.3) is 0 Å². The van der Waals surface area contributed by atoms with Crippen molar-refractivity contribution in [3.05, 3.63) is 0 Å². The molecule has 94 valence electrons. The molecule has 1 rings (SSSR count). The minimum atomic E-state index is -0.681. The van der Waals surface area contributed by atoms with E-state index in [0.717, 1.165) is 39.1 Å². The summed E-state index contributed by atoms with van der Waals surface area (Å²) in [7, 11) is 0. The Hall–Kier alpha value is -0.610. The minimum Gasteiger partial charge on any atom is -0.481 e. The van der Waals surface area contributed by atoms with Crippen LogP contribution in [0.2, 0.25) is 0 Å². The van der Waals surface area contributed by atoms with Crippen LogP contribution in [0.3, 0.4) is 0 Å². The van der Waals surface area contributed by atoms with Gasteiger partial charge in [-0.1, -0.05) is 13.8 Å². The van der Waals surface area contributed by atoms with Crippen LogP contribution in [0.15, 0.2) is 0 Å². The van der Waals surface area contributed by atoms with Gasteiger partial charge in [-0.15, -0.1) is 0 Å². The molecule has 0 aliphatic carbocycles. The number of hydrogen-bond donors (Lipinski definition) is 1. The summed E-state index contributed by atoms with van der Waals surface area (Å²) in [5.74, 6) is -0.681. The lowest BCUT2D eigenvalue weighted by atomic mass is 10.2. The number of aliphatic carboxylic acids is 1. The zero-order valence-corrected chi connectivity index (χ0v) is 10.5. The van der Waals surface area contributed by atoms with Crippen LogP contribution in [0.5, 0.6) is 0 Å². The van der Waals surface area contributed by atoms with Gasteiger partial charge in [-0.3, -0.25) is 9.69 Å². The fraction of sp³-hybridized carbons (Fsp3) is 0.917. The third-order valence-electron chi connectivity index (χ3n) is 3.44. The first kappa shape index (κ1) is 13.5. The maximum atomic E-state index is 10.4. The summed E-state index contributed by atoms with van der Waals surface area (Å²) in [6, 6.07) is 0.680. The van der Waals surface area contributed by atoms with Crippen molar-refractivity contribution in [1.82, 2.24) is 9.80 Å². The van der Waals surface area contributed by atoms with E-state index in [4.69, 9.17) is 5.11 Å². The van der Waals surface area contributed by atoms with Gasteiger partial charge >= 0.3 is 5.97 Å². The number of carbonyl (C=O) groups is 1. The second-order valence-electron chi connectivity index (χ2n) is 4.46. The van der Waals surface area contributed by atoms with E-state index in [2.05, 4.69) is 23.6 Å². The predicted octanol–water partition coefficient (Wildman–Crippen LogP) is 1.27. The van der Waals surface area contributed by atoms with Crippen LogP contribution in [-0.4, -0.2) is 59.6 Å². The van der Waals surface area contributed by atoms with Crippen molar-refractivity contribution in [1.29, 1.82) is 0 Å². The molecule has 0 spiro atoms. The molecule has 0 bridgehead atoms. The largest absolute Gasteiger partial charge is 0.481 e. The van der Waals surface area contributed by atoms with Crippen molar-refractivity contribution in [2.24, 2.45) is 0 Å². The highest BCUT2D eigenvalue weighted by Crippen LogP contribution is 2.15. The topological polar surface area (TPSA) is 43.8 Å².